The predicted molar refractivity (Wildman–Crippen MR) is 69.6 cm³/mol. The molecule has 3 heteroatoms. The molecule has 0 aliphatic carbocycles. The molecule has 2 aromatic carbocycles. The molecular formula is C15H11NO2. The second kappa shape index (κ2) is 4.11. The van der Waals surface area contributed by atoms with E-state index in [0.29, 0.717) is 12.0 Å². The fraction of sp³-hybridized carbons (Fsp3) is 0.0667. The summed E-state index contributed by atoms with van der Waals surface area (Å²) in [6.45, 7) is 0. The van der Waals surface area contributed by atoms with Crippen molar-refractivity contribution in [2.24, 2.45) is 0 Å². The van der Waals surface area contributed by atoms with E-state index < -0.39 is 0 Å². The van der Waals surface area contributed by atoms with Crippen molar-refractivity contribution in [2.45, 2.75) is 6.42 Å². The molecule has 88 valence electrons. The molecule has 0 atom stereocenters. The first kappa shape index (κ1) is 10.7. The number of fused-ring (bicyclic) bond motifs is 1. The topological polar surface area (TPSA) is 46.2 Å². The van der Waals surface area contributed by atoms with Gasteiger partial charge in [0.15, 0.2) is 0 Å². The van der Waals surface area contributed by atoms with Gasteiger partial charge < -0.3 is 5.32 Å². The molecule has 0 bridgehead atoms. The predicted octanol–water partition coefficient (Wildman–Crippen LogP) is 2.66. The van der Waals surface area contributed by atoms with Crippen LogP contribution in [0.4, 0.5) is 5.69 Å². The highest BCUT2D eigenvalue weighted by molar-refractivity contribution is 5.99. The summed E-state index contributed by atoms with van der Waals surface area (Å²) in [6, 6.07) is 13.3. The molecule has 0 radical (unpaired) electrons. The van der Waals surface area contributed by atoms with Gasteiger partial charge in [-0.1, -0.05) is 30.3 Å². The van der Waals surface area contributed by atoms with Gasteiger partial charge in [0.25, 0.3) is 0 Å². The van der Waals surface area contributed by atoms with Crippen LogP contribution in [0.15, 0.2) is 42.5 Å². The van der Waals surface area contributed by atoms with Gasteiger partial charge in [-0.05, 0) is 28.8 Å². The van der Waals surface area contributed by atoms with E-state index in [9.17, 15) is 9.59 Å². The van der Waals surface area contributed by atoms with Gasteiger partial charge in [-0.3, -0.25) is 9.59 Å². The average molecular weight is 237 g/mol. The van der Waals surface area contributed by atoms with Crippen molar-refractivity contribution < 1.29 is 9.59 Å². The van der Waals surface area contributed by atoms with Gasteiger partial charge >= 0.3 is 0 Å². The van der Waals surface area contributed by atoms with Crippen LogP contribution in [0.2, 0.25) is 0 Å². The van der Waals surface area contributed by atoms with Crippen LogP contribution < -0.4 is 5.32 Å². The summed E-state index contributed by atoms with van der Waals surface area (Å²) >= 11 is 0. The van der Waals surface area contributed by atoms with Crippen molar-refractivity contribution >= 4 is 17.9 Å². The van der Waals surface area contributed by atoms with Crippen molar-refractivity contribution in [1.29, 1.82) is 0 Å². The van der Waals surface area contributed by atoms with E-state index in [2.05, 4.69) is 5.32 Å². The van der Waals surface area contributed by atoms with Crippen molar-refractivity contribution in [1.82, 2.24) is 0 Å². The third kappa shape index (κ3) is 1.80. The number of amides is 1. The zero-order chi connectivity index (χ0) is 12.5. The first-order chi connectivity index (χ1) is 8.76. The number of hydrogen-bond donors (Lipinski definition) is 1. The number of hydrogen-bond acceptors (Lipinski definition) is 2. The molecule has 1 heterocycles. The summed E-state index contributed by atoms with van der Waals surface area (Å²) in [5.41, 5.74) is 4.69. The maximum absolute atomic E-state index is 11.3. The Morgan fingerprint density at radius 2 is 1.72 bits per heavy atom. The smallest absolute Gasteiger partial charge is 0.228 e. The quantitative estimate of drug-likeness (QED) is 0.816. The van der Waals surface area contributed by atoms with E-state index in [4.69, 9.17) is 0 Å². The van der Waals surface area contributed by atoms with Gasteiger partial charge in [0.05, 0.1) is 6.42 Å². The molecule has 1 aliphatic rings. The first-order valence-corrected chi connectivity index (χ1v) is 5.75. The molecule has 0 aromatic heterocycles. The van der Waals surface area contributed by atoms with Crippen molar-refractivity contribution in [3.05, 3.63) is 53.6 Å². The van der Waals surface area contributed by atoms with Crippen LogP contribution in [0.25, 0.3) is 11.1 Å². The highest BCUT2D eigenvalue weighted by Gasteiger charge is 2.17. The molecule has 3 nitrogen and oxygen atoms in total. The molecule has 3 rings (SSSR count). The summed E-state index contributed by atoms with van der Waals surface area (Å²) in [5.74, 6) is 0.0402. The number of anilines is 1. The van der Waals surface area contributed by atoms with Gasteiger partial charge in [0.2, 0.25) is 5.91 Å². The summed E-state index contributed by atoms with van der Waals surface area (Å²) in [7, 11) is 0. The van der Waals surface area contributed by atoms with Crippen LogP contribution in [0.1, 0.15) is 15.9 Å². The van der Waals surface area contributed by atoms with E-state index in [1.807, 2.05) is 30.3 Å². The SMILES string of the molecule is O=Cc1ccc(-c2ccc3c(c2)CC(=O)N3)cc1. The minimum absolute atomic E-state index is 0.0402. The van der Waals surface area contributed by atoms with E-state index in [0.717, 1.165) is 28.7 Å². The number of carbonyl (C=O) groups excluding carboxylic acids is 2. The van der Waals surface area contributed by atoms with Crippen molar-refractivity contribution in [2.75, 3.05) is 5.32 Å². The molecule has 1 aliphatic heterocycles. The Morgan fingerprint density at radius 1 is 1.00 bits per heavy atom. The molecule has 0 saturated heterocycles. The number of rotatable bonds is 2. The van der Waals surface area contributed by atoms with E-state index in [1.165, 1.54) is 0 Å². The minimum atomic E-state index is 0.0402. The van der Waals surface area contributed by atoms with Gasteiger partial charge in [-0.15, -0.1) is 0 Å². The standard InChI is InChI=1S/C15H11NO2/c17-9-10-1-3-11(4-2-10)12-5-6-14-13(7-12)8-15(18)16-14/h1-7,9H,8H2,(H,16,18). The molecule has 0 spiro atoms. The lowest BCUT2D eigenvalue weighted by Crippen LogP contribution is -2.03. The van der Waals surface area contributed by atoms with Gasteiger partial charge in [-0.25, -0.2) is 0 Å². The lowest BCUT2D eigenvalue weighted by Gasteiger charge is -2.04. The Morgan fingerprint density at radius 3 is 2.44 bits per heavy atom. The first-order valence-electron chi connectivity index (χ1n) is 5.75. The minimum Gasteiger partial charge on any atom is -0.326 e. The Bertz CT molecular complexity index is 629. The second-order valence-electron chi connectivity index (χ2n) is 4.34. The number of nitrogens with one attached hydrogen (secondary N) is 1. The van der Waals surface area contributed by atoms with Crippen LogP contribution in [0.3, 0.4) is 0 Å². The van der Waals surface area contributed by atoms with Crippen LogP contribution >= 0.6 is 0 Å². The average Bonchev–Trinajstić information content (AvgIpc) is 2.78. The molecule has 18 heavy (non-hydrogen) atoms. The second-order valence-corrected chi connectivity index (χ2v) is 4.34. The monoisotopic (exact) mass is 237 g/mol. The van der Waals surface area contributed by atoms with Crippen LogP contribution in [-0.4, -0.2) is 12.2 Å². The van der Waals surface area contributed by atoms with Gasteiger partial charge in [-0.2, -0.15) is 0 Å². The highest BCUT2D eigenvalue weighted by Crippen LogP contribution is 2.28. The Labute approximate surface area is 104 Å². The fourth-order valence-corrected chi connectivity index (χ4v) is 2.16. The normalized spacial score (nSPS) is 13.0. The zero-order valence-electron chi connectivity index (χ0n) is 9.64. The molecule has 0 saturated carbocycles. The number of aldehydes is 1. The lowest BCUT2D eigenvalue weighted by atomic mass is 10.0. The fourth-order valence-electron chi connectivity index (χ4n) is 2.16. The molecule has 2 aromatic rings. The van der Waals surface area contributed by atoms with E-state index in [-0.39, 0.29) is 5.91 Å². The third-order valence-corrected chi connectivity index (χ3v) is 3.11. The molecular weight excluding hydrogens is 226 g/mol. The molecule has 0 unspecified atom stereocenters. The summed E-state index contributed by atoms with van der Waals surface area (Å²) in [6.07, 6.45) is 1.27. The number of carbonyl (C=O) groups is 2. The molecule has 1 amide bonds. The van der Waals surface area contributed by atoms with E-state index in [1.54, 1.807) is 12.1 Å². The van der Waals surface area contributed by atoms with E-state index >= 15 is 0 Å². The summed E-state index contributed by atoms with van der Waals surface area (Å²) in [5, 5.41) is 2.81. The highest BCUT2D eigenvalue weighted by atomic mass is 16.1. The Kier molecular flexibility index (Phi) is 2.45. The molecule has 0 fully saturated rings. The summed E-state index contributed by atoms with van der Waals surface area (Å²) < 4.78 is 0. The van der Waals surface area contributed by atoms with Crippen LogP contribution in [0.5, 0.6) is 0 Å². The lowest BCUT2D eigenvalue weighted by molar-refractivity contribution is -0.115. The summed E-state index contributed by atoms with van der Waals surface area (Å²) in [4.78, 5) is 21.9. The van der Waals surface area contributed by atoms with Crippen molar-refractivity contribution in [3.63, 3.8) is 0 Å². The van der Waals surface area contributed by atoms with Gasteiger partial charge in [0, 0.05) is 11.3 Å². The zero-order valence-corrected chi connectivity index (χ0v) is 9.64. The number of benzene rings is 2. The Balaban J connectivity index is 1.99. The largest absolute Gasteiger partial charge is 0.326 e. The third-order valence-electron chi connectivity index (χ3n) is 3.11. The van der Waals surface area contributed by atoms with Crippen LogP contribution in [0, 0.1) is 0 Å². The Hall–Kier alpha value is -2.42. The van der Waals surface area contributed by atoms with Gasteiger partial charge in [0.1, 0.15) is 6.29 Å². The maximum atomic E-state index is 11.3. The van der Waals surface area contributed by atoms with Crippen molar-refractivity contribution in [3.8, 4) is 11.1 Å². The molecule has 1 N–H and O–H groups in total. The maximum Gasteiger partial charge on any atom is 0.228 e. The van der Waals surface area contributed by atoms with Crippen LogP contribution in [-0.2, 0) is 11.2 Å².